The van der Waals surface area contributed by atoms with Gasteiger partial charge in [-0.25, -0.2) is 0 Å². The van der Waals surface area contributed by atoms with Gasteiger partial charge in [0.25, 0.3) is 0 Å². The molecule has 1 aromatic rings. The van der Waals surface area contributed by atoms with Gasteiger partial charge < -0.3 is 14.6 Å². The third kappa shape index (κ3) is 2.52. The Morgan fingerprint density at radius 3 is 2.13 bits per heavy atom. The lowest BCUT2D eigenvalue weighted by atomic mass is 10.1. The van der Waals surface area contributed by atoms with Crippen molar-refractivity contribution < 1.29 is 14.6 Å². The average Bonchev–Trinajstić information content (AvgIpc) is 2.26. The lowest BCUT2D eigenvalue weighted by molar-refractivity contribution is 0.217. The molecule has 0 fully saturated rings. The Morgan fingerprint density at radius 2 is 1.80 bits per heavy atom. The molecule has 1 N–H and O–H groups in total. The van der Waals surface area contributed by atoms with E-state index < -0.39 is 6.10 Å². The average molecular weight is 273 g/mol. The maximum absolute atomic E-state index is 9.75. The highest BCUT2D eigenvalue weighted by Crippen LogP contribution is 2.37. The standard InChI is InChI=1S/C11H13BrO3/c1-4-8(13)11-9(14-2)5-7(12)6-10(11)15-3/h4-6,8,13H,1H2,2-3H3. The van der Waals surface area contributed by atoms with Crippen LogP contribution in [0.25, 0.3) is 0 Å². The number of hydrogen-bond acceptors (Lipinski definition) is 3. The molecule has 0 saturated heterocycles. The van der Waals surface area contributed by atoms with Gasteiger partial charge in [0.1, 0.15) is 17.6 Å². The molecule has 1 atom stereocenters. The van der Waals surface area contributed by atoms with Crippen LogP contribution in [0, 0.1) is 0 Å². The Kier molecular flexibility index (Phi) is 4.17. The van der Waals surface area contributed by atoms with E-state index in [1.165, 1.54) is 6.08 Å². The summed E-state index contributed by atoms with van der Waals surface area (Å²) in [6, 6.07) is 3.54. The van der Waals surface area contributed by atoms with Crippen LogP contribution in [0.3, 0.4) is 0 Å². The van der Waals surface area contributed by atoms with Gasteiger partial charge in [0.15, 0.2) is 0 Å². The van der Waals surface area contributed by atoms with Gasteiger partial charge in [0.2, 0.25) is 0 Å². The first-order valence-electron chi connectivity index (χ1n) is 4.36. The monoisotopic (exact) mass is 272 g/mol. The van der Waals surface area contributed by atoms with E-state index >= 15 is 0 Å². The highest BCUT2D eigenvalue weighted by molar-refractivity contribution is 9.10. The summed E-state index contributed by atoms with van der Waals surface area (Å²) >= 11 is 3.33. The van der Waals surface area contributed by atoms with Crippen LogP contribution < -0.4 is 9.47 Å². The Balaban J connectivity index is 3.36. The number of benzene rings is 1. The largest absolute Gasteiger partial charge is 0.496 e. The summed E-state index contributed by atoms with van der Waals surface area (Å²) in [5.74, 6) is 1.13. The molecule has 0 spiro atoms. The van der Waals surface area contributed by atoms with Crippen molar-refractivity contribution in [2.24, 2.45) is 0 Å². The van der Waals surface area contributed by atoms with Crippen LogP contribution in [-0.4, -0.2) is 19.3 Å². The summed E-state index contributed by atoms with van der Waals surface area (Å²) in [6.45, 7) is 3.54. The molecule has 0 bridgehead atoms. The summed E-state index contributed by atoms with van der Waals surface area (Å²) in [6.07, 6.45) is 0.622. The van der Waals surface area contributed by atoms with Gasteiger partial charge in [-0.2, -0.15) is 0 Å². The maximum atomic E-state index is 9.75. The Morgan fingerprint density at radius 1 is 1.33 bits per heavy atom. The molecule has 0 aromatic heterocycles. The summed E-state index contributed by atoms with van der Waals surface area (Å²) < 4.78 is 11.2. The molecule has 0 amide bonds. The first-order chi connectivity index (χ1) is 7.13. The van der Waals surface area contributed by atoms with Crippen molar-refractivity contribution in [1.82, 2.24) is 0 Å². The first kappa shape index (κ1) is 12.1. The van der Waals surface area contributed by atoms with Crippen LogP contribution in [0.5, 0.6) is 11.5 Å². The molecule has 82 valence electrons. The Bertz CT molecular complexity index is 338. The highest BCUT2D eigenvalue weighted by atomic mass is 79.9. The number of hydrogen-bond donors (Lipinski definition) is 1. The van der Waals surface area contributed by atoms with Gasteiger partial charge in [0, 0.05) is 4.47 Å². The molecule has 1 unspecified atom stereocenters. The molecule has 0 aliphatic heterocycles. The molecule has 0 radical (unpaired) electrons. The maximum Gasteiger partial charge on any atom is 0.129 e. The molecule has 1 aromatic carbocycles. The molecule has 1 rings (SSSR count). The minimum Gasteiger partial charge on any atom is -0.496 e. The third-order valence-electron chi connectivity index (χ3n) is 2.03. The fraction of sp³-hybridized carbons (Fsp3) is 0.273. The van der Waals surface area contributed by atoms with Crippen LogP contribution in [-0.2, 0) is 0 Å². The molecule has 4 heteroatoms. The van der Waals surface area contributed by atoms with Crippen LogP contribution in [0.4, 0.5) is 0 Å². The molecule has 0 heterocycles. The van der Waals surface area contributed by atoms with E-state index in [0.717, 1.165) is 4.47 Å². The summed E-state index contributed by atoms with van der Waals surface area (Å²) in [5, 5.41) is 9.75. The number of methoxy groups -OCH3 is 2. The van der Waals surface area contributed by atoms with Crippen LogP contribution in [0.15, 0.2) is 29.3 Å². The predicted molar refractivity (Wildman–Crippen MR) is 62.4 cm³/mol. The highest BCUT2D eigenvalue weighted by Gasteiger charge is 2.17. The van der Waals surface area contributed by atoms with Crippen molar-refractivity contribution in [3.05, 3.63) is 34.8 Å². The van der Waals surface area contributed by atoms with Crippen molar-refractivity contribution in [2.75, 3.05) is 14.2 Å². The van der Waals surface area contributed by atoms with E-state index in [4.69, 9.17) is 9.47 Å². The van der Waals surface area contributed by atoms with Gasteiger partial charge in [-0.15, -0.1) is 6.58 Å². The number of aliphatic hydroxyl groups is 1. The number of aliphatic hydroxyl groups excluding tert-OH is 1. The van der Waals surface area contributed by atoms with E-state index in [-0.39, 0.29) is 0 Å². The Labute approximate surface area is 97.5 Å². The normalized spacial score (nSPS) is 12.0. The van der Waals surface area contributed by atoms with Gasteiger partial charge in [-0.3, -0.25) is 0 Å². The predicted octanol–water partition coefficient (Wildman–Crippen LogP) is 2.69. The molecule has 0 saturated carbocycles. The summed E-state index contributed by atoms with van der Waals surface area (Å²) in [7, 11) is 3.08. The van der Waals surface area contributed by atoms with E-state index in [0.29, 0.717) is 17.1 Å². The number of rotatable bonds is 4. The quantitative estimate of drug-likeness (QED) is 0.857. The summed E-state index contributed by atoms with van der Waals surface area (Å²) in [5.41, 5.74) is 0.582. The first-order valence-corrected chi connectivity index (χ1v) is 5.15. The molecule has 0 aliphatic rings. The Hall–Kier alpha value is -1.00. The van der Waals surface area contributed by atoms with Crippen molar-refractivity contribution in [3.63, 3.8) is 0 Å². The third-order valence-corrected chi connectivity index (χ3v) is 2.49. The fourth-order valence-corrected chi connectivity index (χ4v) is 1.73. The topological polar surface area (TPSA) is 38.7 Å². The molecular weight excluding hydrogens is 260 g/mol. The van der Waals surface area contributed by atoms with Crippen LogP contribution in [0.1, 0.15) is 11.7 Å². The van der Waals surface area contributed by atoms with E-state index in [1.54, 1.807) is 26.4 Å². The van der Waals surface area contributed by atoms with Crippen molar-refractivity contribution >= 4 is 15.9 Å². The summed E-state index contributed by atoms with van der Waals surface area (Å²) in [4.78, 5) is 0. The molecule has 0 aliphatic carbocycles. The van der Waals surface area contributed by atoms with Gasteiger partial charge in [-0.1, -0.05) is 22.0 Å². The second-order valence-electron chi connectivity index (χ2n) is 2.90. The molecule has 3 nitrogen and oxygen atoms in total. The minimum atomic E-state index is -0.803. The van der Waals surface area contributed by atoms with E-state index in [1.807, 2.05) is 0 Å². The molecular formula is C11H13BrO3. The lowest BCUT2D eigenvalue weighted by Crippen LogP contribution is -2.01. The minimum absolute atomic E-state index is 0.564. The van der Waals surface area contributed by atoms with E-state index in [2.05, 4.69) is 22.5 Å². The van der Waals surface area contributed by atoms with Crippen LogP contribution >= 0.6 is 15.9 Å². The smallest absolute Gasteiger partial charge is 0.129 e. The second kappa shape index (κ2) is 5.19. The number of halogens is 1. The zero-order chi connectivity index (χ0) is 11.4. The van der Waals surface area contributed by atoms with Crippen molar-refractivity contribution in [1.29, 1.82) is 0 Å². The zero-order valence-electron chi connectivity index (χ0n) is 8.66. The number of ether oxygens (including phenoxy) is 2. The molecule has 15 heavy (non-hydrogen) atoms. The van der Waals surface area contributed by atoms with Gasteiger partial charge in [0.05, 0.1) is 19.8 Å². The van der Waals surface area contributed by atoms with E-state index in [9.17, 15) is 5.11 Å². The fourth-order valence-electron chi connectivity index (χ4n) is 1.32. The van der Waals surface area contributed by atoms with Crippen molar-refractivity contribution in [3.8, 4) is 11.5 Å². The van der Waals surface area contributed by atoms with Gasteiger partial charge >= 0.3 is 0 Å². The van der Waals surface area contributed by atoms with Crippen molar-refractivity contribution in [2.45, 2.75) is 6.10 Å². The SMILES string of the molecule is C=CC(O)c1c(OC)cc(Br)cc1OC. The lowest BCUT2D eigenvalue weighted by Gasteiger charge is -2.16. The zero-order valence-corrected chi connectivity index (χ0v) is 10.2. The van der Waals surface area contributed by atoms with Gasteiger partial charge in [-0.05, 0) is 12.1 Å². The second-order valence-corrected chi connectivity index (χ2v) is 3.82. The van der Waals surface area contributed by atoms with Crippen LogP contribution in [0.2, 0.25) is 0 Å².